The van der Waals surface area contributed by atoms with Gasteiger partial charge in [0.15, 0.2) is 6.29 Å². The minimum Gasteiger partial charge on any atom is -0.480 e. The Morgan fingerprint density at radius 3 is 2.38 bits per heavy atom. The summed E-state index contributed by atoms with van der Waals surface area (Å²) in [5.74, 6) is 0.392. The zero-order valence-corrected chi connectivity index (χ0v) is 32.7. The van der Waals surface area contributed by atoms with Gasteiger partial charge in [-0.3, -0.25) is 9.59 Å². The number of carboxylic acids is 1. The fourth-order valence-electron chi connectivity index (χ4n) is 14.2. The zero-order valence-electron chi connectivity index (χ0n) is 32.7. The first-order valence-corrected chi connectivity index (χ1v) is 20.5. The van der Waals surface area contributed by atoms with E-state index >= 15 is 0 Å². The summed E-state index contributed by atoms with van der Waals surface area (Å²) >= 11 is 0. The number of carbonyl (C=O) groups is 3. The molecule has 2 aliphatic heterocycles. The standard InChI is InChI=1S/C41H65N3O8/c1-23-18-26(20-44(24(2)45)37(5,6)35(48)49)51-33-32(23)38(7)14-15-40-22-39(40)13-12-29(36(3,4)27(39)10-11-28(40)41(38,42)34(33)47)52-31-21-43(16-17-50-31)30(46)19-25-8-9-25/h23,25-29,31-34,47H,8-22,42H2,1-7H3,(H,48,49). The maximum atomic E-state index is 12.9. The van der Waals surface area contributed by atoms with Gasteiger partial charge in [0.1, 0.15) is 5.54 Å². The van der Waals surface area contributed by atoms with Crippen LogP contribution in [0.5, 0.6) is 0 Å². The van der Waals surface area contributed by atoms with Crippen molar-refractivity contribution in [2.24, 2.45) is 57.0 Å². The molecule has 11 heteroatoms. The highest BCUT2D eigenvalue weighted by Crippen LogP contribution is 2.87. The highest BCUT2D eigenvalue weighted by Gasteiger charge is 2.85. The van der Waals surface area contributed by atoms with Gasteiger partial charge in [-0.05, 0) is 129 Å². The molecule has 8 rings (SSSR count). The molecule has 2 heterocycles. The minimum atomic E-state index is -1.37. The predicted octanol–water partition coefficient (Wildman–Crippen LogP) is 4.57. The average molecular weight is 728 g/mol. The van der Waals surface area contributed by atoms with Crippen LogP contribution in [0.1, 0.15) is 119 Å². The molecule has 6 aliphatic carbocycles. The first-order valence-electron chi connectivity index (χ1n) is 20.5. The van der Waals surface area contributed by atoms with Crippen LogP contribution in [0.2, 0.25) is 0 Å². The Balaban J connectivity index is 0.992. The van der Waals surface area contributed by atoms with E-state index in [-0.39, 0.29) is 76.3 Å². The number of ether oxygens (including phenoxy) is 3. The molecule has 2 spiro atoms. The molecular formula is C41H65N3O8. The third kappa shape index (κ3) is 5.10. The number of amides is 2. The lowest BCUT2D eigenvalue weighted by Gasteiger charge is -2.63. The van der Waals surface area contributed by atoms with Gasteiger partial charge in [-0.1, -0.05) is 27.7 Å². The van der Waals surface area contributed by atoms with Crippen LogP contribution in [0.3, 0.4) is 0 Å². The monoisotopic (exact) mass is 727 g/mol. The summed E-state index contributed by atoms with van der Waals surface area (Å²) in [6.45, 7) is 15.7. The Morgan fingerprint density at radius 2 is 1.71 bits per heavy atom. The van der Waals surface area contributed by atoms with Gasteiger partial charge in [-0.2, -0.15) is 0 Å². The SMILES string of the molecule is CC(=O)N(CC1CC(C)C2C(O1)C(O)C1(N)C3CCC4C(C)(C)C(OC5CN(C(=O)CC6CC6)CCO5)CCC45CC35CCC21C)C(C)(C)C(=O)O. The number of carboxylic acid groups (broad SMARTS) is 1. The second-order valence-corrected chi connectivity index (χ2v) is 20.2. The molecule has 0 aromatic carbocycles. The lowest BCUT2D eigenvalue weighted by Crippen LogP contribution is -2.70. The molecule has 13 atom stereocenters. The lowest BCUT2D eigenvalue weighted by atomic mass is 9.43. The molecule has 0 radical (unpaired) electrons. The van der Waals surface area contributed by atoms with Crippen LogP contribution in [0.4, 0.5) is 0 Å². The molecule has 8 fully saturated rings. The van der Waals surface area contributed by atoms with Crippen LogP contribution in [-0.4, -0.2) is 106 Å². The van der Waals surface area contributed by atoms with Gasteiger partial charge in [0.05, 0.1) is 43.1 Å². The van der Waals surface area contributed by atoms with Crippen molar-refractivity contribution in [3.05, 3.63) is 0 Å². The quantitative estimate of drug-likeness (QED) is 0.327. The molecule has 0 aromatic heterocycles. The van der Waals surface area contributed by atoms with Crippen molar-refractivity contribution in [1.29, 1.82) is 0 Å². The average Bonchev–Trinajstić information content (AvgIpc) is 4.00. The number of nitrogens with two attached hydrogens (primary N) is 1. The van der Waals surface area contributed by atoms with Crippen molar-refractivity contribution >= 4 is 17.8 Å². The fraction of sp³-hybridized carbons (Fsp3) is 0.927. The molecule has 11 nitrogen and oxygen atoms in total. The Bertz CT molecular complexity index is 1480. The third-order valence-corrected chi connectivity index (χ3v) is 17.1. The molecule has 0 bridgehead atoms. The van der Waals surface area contributed by atoms with Crippen molar-refractivity contribution < 1.29 is 38.8 Å². The van der Waals surface area contributed by atoms with Gasteiger partial charge in [-0.25, -0.2) is 4.79 Å². The number of hydrogen-bond acceptors (Lipinski definition) is 8. The number of nitrogens with zero attached hydrogens (tertiary/aromatic N) is 2. The first-order chi connectivity index (χ1) is 24.3. The molecule has 4 N–H and O–H groups in total. The summed E-state index contributed by atoms with van der Waals surface area (Å²) in [7, 11) is 0. The van der Waals surface area contributed by atoms with Crippen molar-refractivity contribution in [3.8, 4) is 0 Å². The molecule has 6 saturated carbocycles. The van der Waals surface area contributed by atoms with E-state index in [2.05, 4.69) is 27.7 Å². The fourth-order valence-corrected chi connectivity index (χ4v) is 14.2. The molecular weight excluding hydrogens is 662 g/mol. The largest absolute Gasteiger partial charge is 0.480 e. The van der Waals surface area contributed by atoms with Crippen molar-refractivity contribution in [3.63, 3.8) is 0 Å². The number of morpholine rings is 1. The maximum absolute atomic E-state index is 12.9. The van der Waals surface area contributed by atoms with E-state index in [0.29, 0.717) is 44.4 Å². The molecule has 52 heavy (non-hydrogen) atoms. The summed E-state index contributed by atoms with van der Waals surface area (Å²) < 4.78 is 19.7. The van der Waals surface area contributed by atoms with E-state index in [1.165, 1.54) is 24.7 Å². The number of rotatable bonds is 8. The lowest BCUT2D eigenvalue weighted by molar-refractivity contribution is -0.245. The third-order valence-electron chi connectivity index (χ3n) is 17.1. The summed E-state index contributed by atoms with van der Waals surface area (Å²) in [6, 6.07) is 0. The molecule has 2 saturated heterocycles. The summed E-state index contributed by atoms with van der Waals surface area (Å²) in [5, 5.41) is 22.4. The van der Waals surface area contributed by atoms with E-state index in [1.807, 2.05) is 4.90 Å². The van der Waals surface area contributed by atoms with Gasteiger partial charge < -0.3 is 40.0 Å². The van der Waals surface area contributed by atoms with E-state index in [9.17, 15) is 24.6 Å². The van der Waals surface area contributed by atoms with Crippen LogP contribution >= 0.6 is 0 Å². The number of aliphatic hydroxyl groups excluding tert-OH is 1. The van der Waals surface area contributed by atoms with Gasteiger partial charge in [0, 0.05) is 26.4 Å². The number of aliphatic hydroxyl groups is 1. The van der Waals surface area contributed by atoms with Crippen LogP contribution in [0.25, 0.3) is 0 Å². The van der Waals surface area contributed by atoms with Crippen molar-refractivity contribution in [2.45, 2.75) is 161 Å². The Kier molecular flexibility index (Phi) is 8.65. The number of hydrogen-bond donors (Lipinski definition) is 3. The first kappa shape index (κ1) is 37.1. The second kappa shape index (κ2) is 12.1. The van der Waals surface area contributed by atoms with E-state index in [1.54, 1.807) is 13.8 Å². The number of aliphatic carboxylic acids is 1. The molecule has 2 amide bonds. The summed E-state index contributed by atoms with van der Waals surface area (Å²) in [4.78, 5) is 41.1. The molecule has 13 unspecified atom stereocenters. The number of carbonyl (C=O) groups excluding carboxylic acids is 2. The molecule has 8 aliphatic rings. The van der Waals surface area contributed by atoms with Crippen molar-refractivity contribution in [1.82, 2.24) is 9.80 Å². The normalized spacial score (nSPS) is 47.6. The summed E-state index contributed by atoms with van der Waals surface area (Å²) in [6.07, 6.45) is 8.95. The predicted molar refractivity (Wildman–Crippen MR) is 193 cm³/mol. The highest BCUT2D eigenvalue weighted by molar-refractivity contribution is 5.85. The van der Waals surface area contributed by atoms with E-state index in [0.717, 1.165) is 44.9 Å². The zero-order chi connectivity index (χ0) is 37.4. The van der Waals surface area contributed by atoms with Crippen LogP contribution in [-0.2, 0) is 28.6 Å². The van der Waals surface area contributed by atoms with Crippen LogP contribution in [0, 0.1) is 51.2 Å². The highest BCUT2D eigenvalue weighted by atomic mass is 16.7. The number of fused-ring (bicyclic) bond motifs is 4. The van der Waals surface area contributed by atoms with E-state index < -0.39 is 29.3 Å². The topological polar surface area (TPSA) is 152 Å². The Morgan fingerprint density at radius 1 is 1.02 bits per heavy atom. The van der Waals surface area contributed by atoms with Crippen LogP contribution in [0.15, 0.2) is 0 Å². The Labute approximate surface area is 310 Å². The van der Waals surface area contributed by atoms with Gasteiger partial charge in [-0.15, -0.1) is 0 Å². The molecule has 292 valence electrons. The van der Waals surface area contributed by atoms with Gasteiger partial charge in [0.25, 0.3) is 0 Å². The van der Waals surface area contributed by atoms with Gasteiger partial charge >= 0.3 is 5.97 Å². The second-order valence-electron chi connectivity index (χ2n) is 20.2. The minimum absolute atomic E-state index is 0.0493. The van der Waals surface area contributed by atoms with Gasteiger partial charge in [0.2, 0.25) is 11.8 Å². The summed E-state index contributed by atoms with van der Waals surface area (Å²) in [5.41, 5.74) is 5.52. The smallest absolute Gasteiger partial charge is 0.329 e. The molecule has 0 aromatic rings. The van der Waals surface area contributed by atoms with Crippen LogP contribution < -0.4 is 5.73 Å². The Hall–Kier alpha value is -1.79. The van der Waals surface area contributed by atoms with Crippen molar-refractivity contribution in [2.75, 3.05) is 26.2 Å². The maximum Gasteiger partial charge on any atom is 0.329 e. The van der Waals surface area contributed by atoms with E-state index in [4.69, 9.17) is 19.9 Å².